The van der Waals surface area contributed by atoms with E-state index < -0.39 is 0 Å². The summed E-state index contributed by atoms with van der Waals surface area (Å²) in [5.74, 6) is 2.88. The van der Waals surface area contributed by atoms with Crippen molar-refractivity contribution in [2.45, 2.75) is 90.8 Å². The molecule has 3 fully saturated rings. The highest BCUT2D eigenvalue weighted by Crippen LogP contribution is 2.34. The Morgan fingerprint density at radius 3 is 2.29 bits per heavy atom. The van der Waals surface area contributed by atoms with Crippen molar-refractivity contribution >= 4 is 11.8 Å². The molecule has 3 aliphatic rings. The van der Waals surface area contributed by atoms with Gasteiger partial charge in [0.2, 0.25) is 11.8 Å². The molecule has 3 heterocycles. The van der Waals surface area contributed by atoms with Crippen LogP contribution >= 0.6 is 0 Å². The Balaban J connectivity index is 1.42. The molecule has 1 aliphatic carbocycles. The number of piperazine rings is 1. The predicted octanol–water partition coefficient (Wildman–Crippen LogP) is 3.34. The largest absolute Gasteiger partial charge is 0.341 e. The van der Waals surface area contributed by atoms with E-state index in [0.717, 1.165) is 57.6 Å². The number of aromatic nitrogens is 2. The number of piperidine rings is 1. The Hall–Kier alpha value is -1.89. The molecule has 2 amide bonds. The fraction of sp³-hybridized carbons (Fsp3) is 0.815. The average molecular weight is 472 g/mol. The Morgan fingerprint density at radius 2 is 1.74 bits per heavy atom. The maximum atomic E-state index is 13.8. The summed E-state index contributed by atoms with van der Waals surface area (Å²) in [6.45, 7) is 11.9. The Kier molecular flexibility index (Phi) is 8.01. The lowest BCUT2D eigenvalue weighted by atomic mass is 9.91. The monoisotopic (exact) mass is 471 g/mol. The molecule has 0 aromatic carbocycles. The van der Waals surface area contributed by atoms with Crippen LogP contribution in [0.2, 0.25) is 0 Å². The number of carbonyl (C=O) groups excluding carboxylic acids is 2. The zero-order valence-electron chi connectivity index (χ0n) is 21.9. The number of rotatable bonds is 9. The molecule has 0 N–H and O–H groups in total. The molecule has 190 valence electrons. The summed E-state index contributed by atoms with van der Waals surface area (Å²) in [5, 5.41) is 0. The molecule has 2 saturated heterocycles. The molecule has 4 rings (SSSR count). The first kappa shape index (κ1) is 25.2. The molecule has 0 unspecified atom stereocenters. The van der Waals surface area contributed by atoms with Crippen molar-refractivity contribution in [3.05, 3.63) is 18.2 Å². The summed E-state index contributed by atoms with van der Waals surface area (Å²) < 4.78 is 2.09. The summed E-state index contributed by atoms with van der Waals surface area (Å²) >= 11 is 0. The Labute approximate surface area is 205 Å². The van der Waals surface area contributed by atoms with Crippen LogP contribution in [0.4, 0.5) is 0 Å². The van der Waals surface area contributed by atoms with Crippen molar-refractivity contribution in [1.82, 2.24) is 24.3 Å². The first-order valence-corrected chi connectivity index (χ1v) is 13.6. The van der Waals surface area contributed by atoms with Gasteiger partial charge in [-0.3, -0.25) is 14.5 Å². The van der Waals surface area contributed by atoms with Gasteiger partial charge in [0.05, 0.1) is 6.04 Å². The van der Waals surface area contributed by atoms with Crippen molar-refractivity contribution in [3.63, 3.8) is 0 Å². The lowest BCUT2D eigenvalue weighted by molar-refractivity contribution is -0.155. The summed E-state index contributed by atoms with van der Waals surface area (Å²) in [6.07, 6.45) is 10.9. The van der Waals surface area contributed by atoms with Crippen LogP contribution in [0.3, 0.4) is 0 Å². The van der Waals surface area contributed by atoms with E-state index in [-0.39, 0.29) is 23.9 Å². The molecule has 0 radical (unpaired) electrons. The van der Waals surface area contributed by atoms with Crippen LogP contribution in [0.1, 0.15) is 72.0 Å². The molecule has 1 aromatic rings. The van der Waals surface area contributed by atoms with Crippen LogP contribution in [-0.2, 0) is 23.1 Å². The van der Waals surface area contributed by atoms with Gasteiger partial charge in [-0.25, -0.2) is 4.98 Å². The van der Waals surface area contributed by atoms with Gasteiger partial charge in [0.25, 0.3) is 0 Å². The van der Waals surface area contributed by atoms with Crippen molar-refractivity contribution in [3.8, 4) is 0 Å². The number of imidazole rings is 1. The van der Waals surface area contributed by atoms with Crippen LogP contribution < -0.4 is 0 Å². The highest BCUT2D eigenvalue weighted by molar-refractivity contribution is 5.90. The van der Waals surface area contributed by atoms with Gasteiger partial charge < -0.3 is 14.4 Å². The number of aryl methyl sites for hydroxylation is 1. The molecule has 2 aliphatic heterocycles. The fourth-order valence-electron chi connectivity index (χ4n) is 5.89. The van der Waals surface area contributed by atoms with Crippen LogP contribution in [0.25, 0.3) is 0 Å². The summed E-state index contributed by atoms with van der Waals surface area (Å²) in [5.41, 5.74) is 0. The van der Waals surface area contributed by atoms with Crippen LogP contribution in [0.15, 0.2) is 12.4 Å². The number of likely N-dealkylation sites (tertiary alicyclic amines) is 1. The minimum absolute atomic E-state index is 0.0627. The van der Waals surface area contributed by atoms with E-state index in [1.54, 1.807) is 0 Å². The normalized spacial score (nSPS) is 23.9. The van der Waals surface area contributed by atoms with E-state index in [1.807, 2.05) is 29.2 Å². The Morgan fingerprint density at radius 1 is 1.03 bits per heavy atom. The van der Waals surface area contributed by atoms with Gasteiger partial charge in [-0.15, -0.1) is 0 Å². The second kappa shape index (κ2) is 10.8. The second-order valence-corrected chi connectivity index (χ2v) is 11.7. The molecule has 0 bridgehead atoms. The van der Waals surface area contributed by atoms with Crippen LogP contribution in [-0.4, -0.2) is 80.4 Å². The molecule has 7 heteroatoms. The minimum Gasteiger partial charge on any atom is -0.341 e. The molecule has 34 heavy (non-hydrogen) atoms. The third-order valence-electron chi connectivity index (χ3n) is 7.95. The molecule has 2 atom stereocenters. The summed E-state index contributed by atoms with van der Waals surface area (Å²) in [6, 6.07) is 0.189. The standard InChI is InChI=1S/C27H45N5O2/c1-19(2)16-23(32-15-14-31(22-6-7-22)24(27(32)34)17-20(3)4)26(33)30-11-8-21(9-12-30)18-25-28-10-13-29(25)5/h10,13,19-24H,6-9,11-12,14-18H2,1-5H3/t23-,24-/m0/s1. The van der Waals surface area contributed by atoms with E-state index in [0.29, 0.717) is 30.3 Å². The number of nitrogens with zero attached hydrogens (tertiary/aromatic N) is 5. The first-order valence-electron chi connectivity index (χ1n) is 13.6. The van der Waals surface area contributed by atoms with E-state index >= 15 is 0 Å². The highest BCUT2D eigenvalue weighted by Gasteiger charge is 2.45. The van der Waals surface area contributed by atoms with Crippen LogP contribution in [0.5, 0.6) is 0 Å². The van der Waals surface area contributed by atoms with E-state index in [2.05, 4.69) is 42.1 Å². The van der Waals surface area contributed by atoms with Crippen molar-refractivity contribution in [2.75, 3.05) is 26.2 Å². The number of hydrogen-bond acceptors (Lipinski definition) is 4. The van der Waals surface area contributed by atoms with Crippen LogP contribution in [0, 0.1) is 17.8 Å². The van der Waals surface area contributed by atoms with E-state index in [9.17, 15) is 9.59 Å². The van der Waals surface area contributed by atoms with Gasteiger partial charge in [-0.1, -0.05) is 27.7 Å². The lowest BCUT2D eigenvalue weighted by Crippen LogP contribution is -2.63. The minimum atomic E-state index is -0.324. The zero-order valence-corrected chi connectivity index (χ0v) is 21.9. The molecular weight excluding hydrogens is 426 g/mol. The molecular formula is C27H45N5O2. The second-order valence-electron chi connectivity index (χ2n) is 11.7. The quantitative estimate of drug-likeness (QED) is 0.554. The number of hydrogen-bond donors (Lipinski definition) is 0. The number of amides is 2. The molecule has 1 aromatic heterocycles. The average Bonchev–Trinajstić information content (AvgIpc) is 3.56. The summed E-state index contributed by atoms with van der Waals surface area (Å²) in [7, 11) is 2.05. The smallest absolute Gasteiger partial charge is 0.245 e. The van der Waals surface area contributed by atoms with Gasteiger partial charge in [-0.2, -0.15) is 0 Å². The molecule has 0 spiro atoms. The van der Waals surface area contributed by atoms with Crippen molar-refractivity contribution < 1.29 is 9.59 Å². The van der Waals surface area contributed by atoms with Gasteiger partial charge in [-0.05, 0) is 56.3 Å². The van der Waals surface area contributed by atoms with Crippen molar-refractivity contribution in [1.29, 1.82) is 0 Å². The fourth-order valence-corrected chi connectivity index (χ4v) is 5.89. The number of carbonyl (C=O) groups is 2. The lowest BCUT2D eigenvalue weighted by Gasteiger charge is -2.46. The van der Waals surface area contributed by atoms with E-state index in [4.69, 9.17) is 0 Å². The van der Waals surface area contributed by atoms with E-state index in [1.165, 1.54) is 12.8 Å². The third-order valence-corrected chi connectivity index (χ3v) is 7.95. The molecule has 7 nitrogen and oxygen atoms in total. The maximum absolute atomic E-state index is 13.8. The SMILES string of the molecule is CC(C)C[C@@H](C(=O)N1CCC(Cc2nccn2C)CC1)N1CCN(C2CC2)[C@@H](CC(C)C)C1=O. The van der Waals surface area contributed by atoms with Gasteiger partial charge in [0.15, 0.2) is 0 Å². The van der Waals surface area contributed by atoms with Gasteiger partial charge in [0.1, 0.15) is 11.9 Å². The van der Waals surface area contributed by atoms with Gasteiger partial charge >= 0.3 is 0 Å². The topological polar surface area (TPSA) is 61.7 Å². The zero-order chi connectivity index (χ0) is 24.4. The predicted molar refractivity (Wildman–Crippen MR) is 134 cm³/mol. The summed E-state index contributed by atoms with van der Waals surface area (Å²) in [4.78, 5) is 38.5. The van der Waals surface area contributed by atoms with Crippen molar-refractivity contribution in [2.24, 2.45) is 24.8 Å². The first-order chi connectivity index (χ1) is 16.2. The Bertz CT molecular complexity index is 838. The third kappa shape index (κ3) is 5.84. The van der Waals surface area contributed by atoms with Gasteiger partial charge in [0, 0.05) is 58.1 Å². The highest BCUT2D eigenvalue weighted by atomic mass is 16.2. The maximum Gasteiger partial charge on any atom is 0.245 e. The molecule has 1 saturated carbocycles.